The Balaban J connectivity index is 0. The van der Waals surface area contributed by atoms with Gasteiger partial charge in [0.15, 0.2) is 0 Å². The fourth-order valence-corrected chi connectivity index (χ4v) is 0. The third-order valence-electron chi connectivity index (χ3n) is 0. The SMILES string of the molecule is [B]F.[O-][Cl+3]([O-])([O-])O. The molecule has 0 aliphatic carbocycles. The predicted octanol–water partition coefficient (Wildman–Crippen LogP) is -4.08. The van der Waals surface area contributed by atoms with Gasteiger partial charge in [-0.05, 0) is 0 Å². The summed E-state index contributed by atoms with van der Waals surface area (Å²) in [4.78, 5) is 0. The van der Waals surface area contributed by atoms with Crippen LogP contribution in [-0.4, -0.2) is 12.8 Å². The molecule has 0 fully saturated rings. The average Bonchev–Trinajstić information content (AvgIpc) is 1.36. The van der Waals surface area contributed by atoms with Crippen molar-refractivity contribution in [2.75, 3.05) is 0 Å². The van der Waals surface area contributed by atoms with Crippen molar-refractivity contribution in [1.29, 1.82) is 0 Å². The van der Waals surface area contributed by atoms with Gasteiger partial charge in [0.2, 0.25) is 0 Å². The minimum absolute atomic E-state index is 3.00. The lowest BCUT2D eigenvalue weighted by Gasteiger charge is -2.03. The highest BCUT2D eigenvalue weighted by molar-refractivity contribution is 5.96. The van der Waals surface area contributed by atoms with Crippen LogP contribution in [0.15, 0.2) is 0 Å². The smallest absolute Gasteiger partial charge is 0.350 e. The monoisotopic (exact) mass is 130 g/mol. The van der Waals surface area contributed by atoms with Crippen LogP contribution in [0.3, 0.4) is 0 Å². The van der Waals surface area contributed by atoms with E-state index in [2.05, 4.69) is 8.12 Å². The molecule has 0 atom stereocenters. The van der Waals surface area contributed by atoms with Crippen molar-refractivity contribution in [2.24, 2.45) is 0 Å². The Kier molecular flexibility index (Phi) is 6.23. The van der Waals surface area contributed by atoms with E-state index in [-0.39, 0.29) is 0 Å². The Morgan fingerprint density at radius 2 is 1.29 bits per heavy atom. The first kappa shape index (κ1) is 10.2. The Hall–Kier alpha value is 0.125. The van der Waals surface area contributed by atoms with Crippen LogP contribution in [0.2, 0.25) is 0 Å². The summed E-state index contributed by atoms with van der Waals surface area (Å²) in [6.07, 6.45) is 0. The van der Waals surface area contributed by atoms with Crippen LogP contribution in [0.4, 0.5) is 4.32 Å². The predicted molar refractivity (Wildman–Crippen MR) is 9.08 cm³/mol. The maximum absolute atomic E-state index is 9.00. The summed E-state index contributed by atoms with van der Waals surface area (Å²) in [5.41, 5.74) is 0. The molecule has 0 unspecified atom stereocenters. The van der Waals surface area contributed by atoms with E-state index >= 15 is 0 Å². The van der Waals surface area contributed by atoms with Gasteiger partial charge in [0.1, 0.15) is 0 Å². The van der Waals surface area contributed by atoms with Crippen LogP contribution in [0.25, 0.3) is 0 Å². The van der Waals surface area contributed by atoms with Gasteiger partial charge in [-0.15, -0.1) is 0 Å². The molecule has 7 heteroatoms. The van der Waals surface area contributed by atoms with Gasteiger partial charge in [0.05, 0.1) is 14.9 Å². The zero-order valence-electron chi connectivity index (χ0n) is 3.01. The molecule has 0 spiro atoms. The molecule has 0 saturated heterocycles. The Labute approximate surface area is 42.4 Å². The van der Waals surface area contributed by atoms with E-state index in [4.69, 9.17) is 23.0 Å². The van der Waals surface area contributed by atoms with E-state index in [1.807, 2.05) is 0 Å². The van der Waals surface area contributed by atoms with E-state index in [9.17, 15) is 0 Å². The zero-order chi connectivity index (χ0) is 6.50. The van der Waals surface area contributed by atoms with Crippen molar-refractivity contribution in [1.82, 2.24) is 0 Å². The van der Waals surface area contributed by atoms with Crippen molar-refractivity contribution < 1.29 is 33.2 Å². The zero-order valence-corrected chi connectivity index (χ0v) is 3.76. The largest absolute Gasteiger partial charge is 0.350 e. The van der Waals surface area contributed by atoms with E-state index in [1.54, 1.807) is 0 Å². The molecule has 0 heterocycles. The second kappa shape index (κ2) is 4.29. The Morgan fingerprint density at radius 3 is 1.29 bits per heavy atom. The molecule has 0 aliphatic rings. The maximum Gasteiger partial charge on any atom is 0.350 e. The minimum atomic E-state index is -4.69. The molecule has 0 amide bonds. The third kappa shape index (κ3) is 6680. The molecule has 0 aliphatic heterocycles. The molecule has 2 radical (unpaired) electrons. The van der Waals surface area contributed by atoms with Crippen LogP contribution >= 0.6 is 0 Å². The van der Waals surface area contributed by atoms with E-state index in [0.29, 0.717) is 0 Å². The van der Waals surface area contributed by atoms with Crippen molar-refractivity contribution in [3.8, 4) is 0 Å². The van der Waals surface area contributed by atoms with Crippen LogP contribution in [0.5, 0.6) is 0 Å². The molecule has 1 N–H and O–H groups in total. The summed E-state index contributed by atoms with van der Waals surface area (Å²) in [5, 5.41) is 0. The lowest BCUT2D eigenvalue weighted by atomic mass is 10.7. The van der Waals surface area contributed by atoms with Crippen molar-refractivity contribution >= 4 is 8.12 Å². The highest BCUT2D eigenvalue weighted by atomic mass is 35.7. The Bertz CT molecular complexity index is 27.2. The number of rotatable bonds is 0. The van der Waals surface area contributed by atoms with E-state index in [0.717, 1.165) is 0 Å². The lowest BCUT2D eigenvalue weighted by molar-refractivity contribution is -1.92. The lowest BCUT2D eigenvalue weighted by Crippen LogP contribution is -2.58. The highest BCUT2D eigenvalue weighted by Gasteiger charge is 1.98. The second-order valence-corrected chi connectivity index (χ2v) is 1.19. The standard InChI is InChI=1S/BF.ClHO4/c1-2;2-1(3,4)5/h;(H,2,3,4,5). The summed E-state index contributed by atoms with van der Waals surface area (Å²) in [7, 11) is -1.69. The number of halogens is 2. The molecule has 4 nitrogen and oxygen atoms in total. The van der Waals surface area contributed by atoms with E-state index in [1.165, 1.54) is 0 Å². The van der Waals surface area contributed by atoms with Gasteiger partial charge in [-0.3, -0.25) is 0 Å². The van der Waals surface area contributed by atoms with Crippen LogP contribution in [0, 0.1) is 10.2 Å². The molecule has 42 valence electrons. The average molecular weight is 130 g/mol. The van der Waals surface area contributed by atoms with Gasteiger partial charge in [0.25, 0.3) is 0 Å². The molecular weight excluding hydrogens is 129 g/mol. The molecule has 0 rings (SSSR count). The molecule has 7 heavy (non-hydrogen) atoms. The molecule has 0 aromatic rings. The fourth-order valence-electron chi connectivity index (χ4n) is 0. The topological polar surface area (TPSA) is 89.4 Å². The maximum atomic E-state index is 9.00. The molecular formula is HBClFO4. The van der Waals surface area contributed by atoms with Gasteiger partial charge in [-0.1, -0.05) is 0 Å². The van der Waals surface area contributed by atoms with Crippen LogP contribution in [-0.2, 0) is 0 Å². The Morgan fingerprint density at radius 1 is 1.29 bits per heavy atom. The quantitative estimate of drug-likeness (QED) is 0.338. The summed E-state index contributed by atoms with van der Waals surface area (Å²) in [6.45, 7) is 0. The van der Waals surface area contributed by atoms with Gasteiger partial charge in [0, 0.05) is 0 Å². The summed E-state index contributed by atoms with van der Waals surface area (Å²) >= 11 is 0. The first-order chi connectivity index (χ1) is 3.00. The number of hydrogen-bond donors (Lipinski definition) is 1. The molecule has 0 saturated carbocycles. The minimum Gasteiger partial charge on any atom is -0.350 e. The fraction of sp³-hybridized carbons (Fsp3) is 0. The van der Waals surface area contributed by atoms with Crippen molar-refractivity contribution in [3.63, 3.8) is 0 Å². The normalized spacial score (nSPS) is 9.29. The van der Waals surface area contributed by atoms with Gasteiger partial charge in [-0.2, -0.15) is 14.0 Å². The van der Waals surface area contributed by atoms with Crippen molar-refractivity contribution in [2.45, 2.75) is 0 Å². The summed E-state index contributed by atoms with van der Waals surface area (Å²) < 4.78 is 41.7. The van der Waals surface area contributed by atoms with Gasteiger partial charge >= 0.3 is 8.12 Å². The second-order valence-electron chi connectivity index (χ2n) is 0.396. The number of hydrogen-bond acceptors (Lipinski definition) is 4. The molecule has 0 aromatic carbocycles. The first-order valence-corrected chi connectivity index (χ1v) is 2.11. The highest BCUT2D eigenvalue weighted by Crippen LogP contribution is 1.60. The summed E-state index contributed by atoms with van der Waals surface area (Å²) in [6, 6.07) is 0. The third-order valence-corrected chi connectivity index (χ3v) is 0. The van der Waals surface area contributed by atoms with Crippen LogP contribution in [0.1, 0.15) is 0 Å². The van der Waals surface area contributed by atoms with E-state index < -0.39 is 10.2 Å². The van der Waals surface area contributed by atoms with Crippen molar-refractivity contribution in [3.05, 3.63) is 0 Å². The first-order valence-electron chi connectivity index (χ1n) is 0.850. The van der Waals surface area contributed by atoms with Crippen LogP contribution < -0.4 is 14.0 Å². The molecule has 0 bridgehead atoms. The molecule has 0 aromatic heterocycles. The van der Waals surface area contributed by atoms with Gasteiger partial charge in [-0.25, -0.2) is 0 Å². The summed E-state index contributed by atoms with van der Waals surface area (Å²) in [5.74, 6) is 0. The van der Waals surface area contributed by atoms with Gasteiger partial charge < -0.3 is 4.32 Å².